The van der Waals surface area contributed by atoms with Gasteiger partial charge in [0.25, 0.3) is 0 Å². The first-order valence-corrected chi connectivity index (χ1v) is 16.1. The molecule has 0 fully saturated rings. The van der Waals surface area contributed by atoms with Gasteiger partial charge in [0.05, 0.1) is 13.2 Å². The maximum atomic E-state index is 12.2. The van der Waals surface area contributed by atoms with E-state index in [1.807, 2.05) is 0 Å². The number of aliphatic hydroxyl groups is 1. The third-order valence-electron chi connectivity index (χ3n) is 7.12. The molecule has 0 amide bonds. The number of hydrogen-bond acceptors (Lipinski definition) is 6. The number of rotatable bonds is 29. The van der Waals surface area contributed by atoms with Crippen molar-refractivity contribution in [3.05, 3.63) is 0 Å². The third-order valence-corrected chi connectivity index (χ3v) is 7.12. The number of carbonyl (C=O) groups excluding carboxylic acids is 2. The van der Waals surface area contributed by atoms with E-state index in [0.717, 1.165) is 32.1 Å². The Morgan fingerprint density at radius 3 is 1.32 bits per heavy atom. The van der Waals surface area contributed by atoms with Crippen molar-refractivity contribution in [2.24, 2.45) is 0 Å². The van der Waals surface area contributed by atoms with Crippen molar-refractivity contribution in [2.45, 2.75) is 174 Å². The molecule has 0 aliphatic rings. The summed E-state index contributed by atoms with van der Waals surface area (Å²) in [7, 11) is 0. The van der Waals surface area contributed by atoms with Crippen LogP contribution in [0.15, 0.2) is 0 Å². The summed E-state index contributed by atoms with van der Waals surface area (Å²) < 4.78 is 16.3. The van der Waals surface area contributed by atoms with Gasteiger partial charge in [-0.15, -0.1) is 0 Å². The first kappa shape index (κ1) is 45.3. The van der Waals surface area contributed by atoms with Gasteiger partial charge in [-0.1, -0.05) is 129 Å². The minimum absolute atomic E-state index is 0. The summed E-state index contributed by atoms with van der Waals surface area (Å²) in [6.45, 7) is 5.72. The van der Waals surface area contributed by atoms with Gasteiger partial charge in [-0.05, 0) is 25.7 Å². The van der Waals surface area contributed by atoms with Gasteiger partial charge in [0.1, 0.15) is 18.8 Å². The van der Waals surface area contributed by atoms with E-state index < -0.39 is 12.1 Å². The summed E-state index contributed by atoms with van der Waals surface area (Å²) in [6, 6.07) is 0. The Balaban J connectivity index is -0.00000684. The van der Waals surface area contributed by atoms with Crippen LogP contribution in [-0.2, 0) is 23.8 Å². The van der Waals surface area contributed by atoms with E-state index in [0.29, 0.717) is 6.42 Å². The normalized spacial score (nSPS) is 12.2. The van der Waals surface area contributed by atoms with Gasteiger partial charge in [-0.3, -0.25) is 4.79 Å². The van der Waals surface area contributed by atoms with E-state index in [1.165, 1.54) is 110 Å². The monoisotopic (exact) mass is 590 g/mol. The standard InChI is InChI=1S/C32H62O6.2Na.2H/c1-4-6-8-10-12-14-16-18-20-22-24-30(26-33)38-32(35)28-36-27-31(37-29(3)34)25-23-21-19-17-15-13-11-9-7-5-2;;;;/h30-31,33H,4-28H2,1-3H3;;;;. The zero-order valence-corrected chi connectivity index (χ0v) is 25.3. The maximum absolute atomic E-state index is 12.2. The van der Waals surface area contributed by atoms with Crippen molar-refractivity contribution in [3.8, 4) is 0 Å². The zero-order valence-electron chi connectivity index (χ0n) is 25.3. The number of esters is 2. The second-order valence-corrected chi connectivity index (χ2v) is 11.0. The van der Waals surface area contributed by atoms with E-state index in [4.69, 9.17) is 14.2 Å². The van der Waals surface area contributed by atoms with Crippen LogP contribution in [0.2, 0.25) is 0 Å². The third kappa shape index (κ3) is 33.4. The molecule has 0 bridgehead atoms. The minimum atomic E-state index is -0.476. The molecule has 0 rings (SSSR count). The summed E-state index contributed by atoms with van der Waals surface area (Å²) in [5.41, 5.74) is 0. The molecule has 0 heterocycles. The van der Waals surface area contributed by atoms with Gasteiger partial charge >= 0.3 is 71.1 Å². The molecule has 0 aromatic carbocycles. The van der Waals surface area contributed by atoms with Gasteiger partial charge in [-0.2, -0.15) is 0 Å². The van der Waals surface area contributed by atoms with Crippen LogP contribution in [0.4, 0.5) is 0 Å². The van der Waals surface area contributed by atoms with Crippen LogP contribution in [0.5, 0.6) is 0 Å². The van der Waals surface area contributed by atoms with Crippen LogP contribution < -0.4 is 0 Å². The van der Waals surface area contributed by atoms with E-state index in [-0.39, 0.29) is 91.0 Å². The number of hydrogen-bond donors (Lipinski definition) is 1. The van der Waals surface area contributed by atoms with Crippen molar-refractivity contribution in [2.75, 3.05) is 19.8 Å². The Kier molecular flexibility index (Phi) is 40.8. The Hall–Kier alpha value is 0.860. The molecular weight excluding hydrogens is 526 g/mol. The fourth-order valence-corrected chi connectivity index (χ4v) is 4.81. The van der Waals surface area contributed by atoms with Gasteiger partial charge in [0.15, 0.2) is 0 Å². The molecule has 0 aromatic heterocycles. The van der Waals surface area contributed by atoms with Crippen molar-refractivity contribution in [1.82, 2.24) is 0 Å². The topological polar surface area (TPSA) is 82.1 Å². The predicted molar refractivity (Wildman–Crippen MR) is 171 cm³/mol. The van der Waals surface area contributed by atoms with E-state index in [2.05, 4.69) is 13.8 Å². The molecule has 0 aliphatic heterocycles. The Bertz CT molecular complexity index is 536. The molecule has 0 saturated carbocycles. The summed E-state index contributed by atoms with van der Waals surface area (Å²) in [5.74, 6) is -0.804. The van der Waals surface area contributed by atoms with Crippen LogP contribution in [0.1, 0.15) is 162 Å². The second-order valence-electron chi connectivity index (χ2n) is 11.0. The summed E-state index contributed by atoms with van der Waals surface area (Å²) >= 11 is 0. The van der Waals surface area contributed by atoms with E-state index >= 15 is 0 Å². The Labute approximate surface area is 291 Å². The van der Waals surface area contributed by atoms with E-state index in [1.54, 1.807) is 0 Å². The van der Waals surface area contributed by atoms with Gasteiger partial charge < -0.3 is 19.3 Å². The van der Waals surface area contributed by atoms with Crippen molar-refractivity contribution in [1.29, 1.82) is 0 Å². The van der Waals surface area contributed by atoms with Crippen LogP contribution in [0.3, 0.4) is 0 Å². The molecular formula is C32H64Na2O6. The molecule has 0 aromatic rings. The average molecular weight is 591 g/mol. The number of carbonyl (C=O) groups is 2. The summed E-state index contributed by atoms with van der Waals surface area (Å²) in [4.78, 5) is 23.6. The quantitative estimate of drug-likeness (QED) is 0.0565. The average Bonchev–Trinajstić information content (AvgIpc) is 2.89. The van der Waals surface area contributed by atoms with Crippen LogP contribution in [0.25, 0.3) is 0 Å². The summed E-state index contributed by atoms with van der Waals surface area (Å²) in [6.07, 6.45) is 25.6. The van der Waals surface area contributed by atoms with Gasteiger partial charge in [0, 0.05) is 6.92 Å². The molecule has 0 spiro atoms. The Morgan fingerprint density at radius 2 is 0.950 bits per heavy atom. The Morgan fingerprint density at radius 1 is 0.575 bits per heavy atom. The molecule has 2 atom stereocenters. The van der Waals surface area contributed by atoms with Gasteiger partial charge in [-0.25, -0.2) is 4.79 Å². The fourth-order valence-electron chi connectivity index (χ4n) is 4.81. The zero-order chi connectivity index (χ0) is 28.1. The number of ether oxygens (including phenoxy) is 3. The predicted octanol–water partition coefficient (Wildman–Crippen LogP) is 7.16. The second kappa shape index (κ2) is 36.1. The molecule has 230 valence electrons. The van der Waals surface area contributed by atoms with Crippen LogP contribution >= 0.6 is 0 Å². The van der Waals surface area contributed by atoms with Crippen molar-refractivity contribution >= 4 is 71.1 Å². The molecule has 2 unspecified atom stereocenters. The van der Waals surface area contributed by atoms with Crippen LogP contribution in [-0.4, -0.2) is 108 Å². The van der Waals surface area contributed by atoms with Crippen LogP contribution in [0, 0.1) is 0 Å². The van der Waals surface area contributed by atoms with Crippen molar-refractivity contribution in [3.63, 3.8) is 0 Å². The fraction of sp³-hybridized carbons (Fsp3) is 0.938. The number of unbranched alkanes of at least 4 members (excludes halogenated alkanes) is 18. The molecule has 6 nitrogen and oxygen atoms in total. The van der Waals surface area contributed by atoms with E-state index in [9.17, 15) is 14.7 Å². The molecule has 0 saturated heterocycles. The molecule has 0 aliphatic carbocycles. The summed E-state index contributed by atoms with van der Waals surface area (Å²) in [5, 5.41) is 9.58. The SMILES string of the molecule is CCCCCCCCCCCCC(COCC(=O)OC(CO)CCCCCCCCCCCC)OC(C)=O.[NaH].[NaH]. The van der Waals surface area contributed by atoms with Crippen molar-refractivity contribution < 1.29 is 28.9 Å². The molecule has 40 heavy (non-hydrogen) atoms. The molecule has 1 N–H and O–H groups in total. The van der Waals surface area contributed by atoms with Gasteiger partial charge in [0.2, 0.25) is 0 Å². The first-order chi connectivity index (χ1) is 18.5. The number of aliphatic hydroxyl groups excluding tert-OH is 1. The molecule has 8 heteroatoms. The molecule has 0 radical (unpaired) electrons. The first-order valence-electron chi connectivity index (χ1n) is 16.1.